The number of nitrogens with zero attached hydrogens (tertiary/aromatic N) is 5. The molecule has 1 aliphatic heterocycles. The molecule has 1 fully saturated rings. The number of piperidine rings is 1. The molecule has 0 radical (unpaired) electrons. The number of aromatic nitrogens is 2. The second-order valence-corrected chi connectivity index (χ2v) is 8.25. The number of ether oxygens (including phenoxy) is 1. The molecule has 3 aromatic rings. The number of benzene rings is 1. The maximum atomic E-state index is 13.3. The number of nitriles is 1. The Morgan fingerprint density at radius 3 is 2.66 bits per heavy atom. The Morgan fingerprint density at radius 2 is 2.00 bits per heavy atom. The fraction of sp³-hybridized carbons (Fsp3) is 0.348. The van der Waals surface area contributed by atoms with E-state index in [1.807, 2.05) is 11.9 Å². The predicted octanol–water partition coefficient (Wildman–Crippen LogP) is 3.33. The summed E-state index contributed by atoms with van der Waals surface area (Å²) in [5.41, 5.74) is 2.15. The van der Waals surface area contributed by atoms with Crippen molar-refractivity contribution < 1.29 is 9.13 Å². The van der Waals surface area contributed by atoms with Crippen LogP contribution in [0.15, 0.2) is 41.2 Å². The van der Waals surface area contributed by atoms with Gasteiger partial charge in [0.2, 0.25) is 0 Å². The van der Waals surface area contributed by atoms with Crippen molar-refractivity contribution in [3.05, 3.63) is 63.3 Å². The molecule has 0 saturated carbocycles. The van der Waals surface area contributed by atoms with E-state index in [9.17, 15) is 14.4 Å². The number of hydrogen-bond donors (Lipinski definition) is 0. The lowest BCUT2D eigenvalue weighted by Gasteiger charge is -2.43. The Morgan fingerprint density at radius 1 is 1.28 bits per heavy atom. The zero-order chi connectivity index (χ0) is 23.0. The summed E-state index contributed by atoms with van der Waals surface area (Å²) in [7, 11) is 5.21. The molecule has 0 spiro atoms. The third-order valence-electron chi connectivity index (χ3n) is 6.17. The molecule has 7 nitrogen and oxygen atoms in total. The van der Waals surface area contributed by atoms with Gasteiger partial charge in [0.15, 0.2) is 0 Å². The van der Waals surface area contributed by atoms with Gasteiger partial charge in [-0.2, -0.15) is 5.26 Å². The maximum Gasteiger partial charge on any atom is 0.270 e. The Bertz CT molecular complexity index is 1250. The number of pyridine rings is 2. The van der Waals surface area contributed by atoms with Crippen LogP contribution in [0.3, 0.4) is 0 Å². The average Bonchev–Trinajstić information content (AvgIpc) is 2.80. The second kappa shape index (κ2) is 8.77. The van der Waals surface area contributed by atoms with Crippen molar-refractivity contribution in [3.63, 3.8) is 0 Å². The van der Waals surface area contributed by atoms with Crippen molar-refractivity contribution in [1.82, 2.24) is 9.55 Å². The van der Waals surface area contributed by atoms with Crippen LogP contribution in [0.25, 0.3) is 11.0 Å². The van der Waals surface area contributed by atoms with Crippen molar-refractivity contribution in [2.45, 2.75) is 18.6 Å². The van der Waals surface area contributed by atoms with Gasteiger partial charge in [-0.05, 0) is 42.8 Å². The first kappa shape index (κ1) is 22.1. The smallest absolute Gasteiger partial charge is 0.270 e. The van der Waals surface area contributed by atoms with Crippen LogP contribution in [0.5, 0.6) is 0 Å². The summed E-state index contributed by atoms with van der Waals surface area (Å²) in [5.74, 6) is -0.284. The van der Waals surface area contributed by atoms with E-state index < -0.39 is 0 Å². The molecule has 3 heterocycles. The van der Waals surface area contributed by atoms with Gasteiger partial charge in [-0.3, -0.25) is 4.79 Å². The molecular weight excluding hydrogens is 433 g/mol. The number of halogens is 2. The van der Waals surface area contributed by atoms with Crippen LogP contribution in [0.4, 0.5) is 15.8 Å². The van der Waals surface area contributed by atoms with E-state index in [0.29, 0.717) is 36.2 Å². The summed E-state index contributed by atoms with van der Waals surface area (Å²) < 4.78 is 20.6. The first-order valence-electron chi connectivity index (χ1n) is 10.2. The first-order valence-corrected chi connectivity index (χ1v) is 10.6. The highest BCUT2D eigenvalue weighted by atomic mass is 35.5. The van der Waals surface area contributed by atoms with Gasteiger partial charge in [0.05, 0.1) is 23.3 Å². The molecular formula is C23H23ClFN5O2. The lowest BCUT2D eigenvalue weighted by Crippen LogP contribution is -2.54. The van der Waals surface area contributed by atoms with Gasteiger partial charge in [-0.1, -0.05) is 11.6 Å². The minimum Gasteiger partial charge on any atom is -0.377 e. The molecule has 4 rings (SSSR count). The van der Waals surface area contributed by atoms with Gasteiger partial charge in [0.25, 0.3) is 5.56 Å². The van der Waals surface area contributed by atoms with E-state index in [-0.39, 0.29) is 34.2 Å². The number of anilines is 2. The monoisotopic (exact) mass is 455 g/mol. The molecule has 0 amide bonds. The first-order chi connectivity index (χ1) is 15.3. The van der Waals surface area contributed by atoms with Gasteiger partial charge in [-0.25, -0.2) is 9.37 Å². The SMILES string of the molecule is CO[C@H]1CN(c2c(C#N)c(=O)n(C)c3ccc(Cl)nc23)CC[C@H]1N(C)c1ccc(F)cc1. The minimum absolute atomic E-state index is 0.0293. The lowest BCUT2D eigenvalue weighted by atomic mass is 9.98. The Hall–Kier alpha value is -3.15. The van der Waals surface area contributed by atoms with E-state index in [1.54, 1.807) is 38.4 Å². The molecule has 2 aromatic heterocycles. The normalized spacial score (nSPS) is 18.6. The molecule has 1 aliphatic rings. The molecule has 9 heteroatoms. The minimum atomic E-state index is -0.376. The van der Waals surface area contributed by atoms with Crippen molar-refractivity contribution >= 4 is 34.0 Å². The summed E-state index contributed by atoms with van der Waals surface area (Å²) in [6.45, 7) is 1.04. The topological polar surface area (TPSA) is 74.4 Å². The zero-order valence-corrected chi connectivity index (χ0v) is 18.8. The summed E-state index contributed by atoms with van der Waals surface area (Å²) in [6.07, 6.45) is 0.484. The van der Waals surface area contributed by atoms with Crippen LogP contribution < -0.4 is 15.4 Å². The number of hydrogen-bond acceptors (Lipinski definition) is 6. The fourth-order valence-corrected chi connectivity index (χ4v) is 4.58. The molecule has 0 bridgehead atoms. The van der Waals surface area contributed by atoms with Gasteiger partial charge in [-0.15, -0.1) is 0 Å². The molecule has 166 valence electrons. The molecule has 1 saturated heterocycles. The highest BCUT2D eigenvalue weighted by Crippen LogP contribution is 2.32. The summed E-state index contributed by atoms with van der Waals surface area (Å²) >= 11 is 6.16. The van der Waals surface area contributed by atoms with Crippen molar-refractivity contribution in [2.75, 3.05) is 37.0 Å². The standard InChI is InChI=1S/C23H23ClFN5O2/c1-28(15-6-4-14(25)5-7-15)17-10-11-30(13-19(17)32-3)22-16(12-26)23(31)29(2)18-8-9-20(24)27-21(18)22/h4-9,17,19H,10-11,13H2,1-3H3/t17-,19+/m1/s1. The Kier molecular flexibility index (Phi) is 6.04. The number of rotatable bonds is 4. The largest absolute Gasteiger partial charge is 0.377 e. The van der Waals surface area contributed by atoms with Crippen molar-refractivity contribution in [1.29, 1.82) is 5.26 Å². The highest BCUT2D eigenvalue weighted by molar-refractivity contribution is 6.29. The third-order valence-corrected chi connectivity index (χ3v) is 6.38. The quantitative estimate of drug-likeness (QED) is 0.562. The van der Waals surface area contributed by atoms with E-state index in [1.165, 1.54) is 16.7 Å². The van der Waals surface area contributed by atoms with Crippen LogP contribution in [0.1, 0.15) is 12.0 Å². The van der Waals surface area contributed by atoms with Gasteiger partial charge in [0, 0.05) is 40.0 Å². The van der Waals surface area contributed by atoms with Crippen LogP contribution >= 0.6 is 11.6 Å². The van der Waals surface area contributed by atoms with E-state index >= 15 is 0 Å². The van der Waals surface area contributed by atoms with E-state index in [0.717, 1.165) is 5.69 Å². The Labute approximate surface area is 190 Å². The molecule has 32 heavy (non-hydrogen) atoms. The summed E-state index contributed by atoms with van der Waals surface area (Å²) in [5, 5.41) is 10.1. The molecule has 0 aliphatic carbocycles. The van der Waals surface area contributed by atoms with E-state index in [2.05, 4.69) is 16.0 Å². The molecule has 0 N–H and O–H groups in total. The zero-order valence-electron chi connectivity index (χ0n) is 18.0. The number of methoxy groups -OCH3 is 1. The van der Waals surface area contributed by atoms with Crippen molar-refractivity contribution in [3.8, 4) is 6.07 Å². The fourth-order valence-electron chi connectivity index (χ4n) is 4.43. The van der Waals surface area contributed by atoms with Crippen molar-refractivity contribution in [2.24, 2.45) is 7.05 Å². The van der Waals surface area contributed by atoms with Gasteiger partial charge >= 0.3 is 0 Å². The maximum absolute atomic E-state index is 13.3. The van der Waals surface area contributed by atoms with Crippen LogP contribution in [0.2, 0.25) is 5.15 Å². The summed E-state index contributed by atoms with van der Waals surface area (Å²) in [6, 6.07) is 11.8. The van der Waals surface area contributed by atoms with E-state index in [4.69, 9.17) is 16.3 Å². The second-order valence-electron chi connectivity index (χ2n) is 7.86. The molecule has 2 atom stereocenters. The highest BCUT2D eigenvalue weighted by Gasteiger charge is 2.35. The van der Waals surface area contributed by atoms with Crippen LogP contribution in [-0.4, -0.2) is 48.9 Å². The third kappa shape index (κ3) is 3.78. The van der Waals surface area contributed by atoms with Gasteiger partial charge in [0.1, 0.15) is 28.1 Å². The molecule has 1 aromatic carbocycles. The van der Waals surface area contributed by atoms with Crippen LogP contribution in [-0.2, 0) is 11.8 Å². The lowest BCUT2D eigenvalue weighted by molar-refractivity contribution is 0.0714. The summed E-state index contributed by atoms with van der Waals surface area (Å²) in [4.78, 5) is 21.4. The predicted molar refractivity (Wildman–Crippen MR) is 123 cm³/mol. The molecule has 0 unspecified atom stereocenters. The van der Waals surface area contributed by atoms with Gasteiger partial charge < -0.3 is 19.1 Å². The Balaban J connectivity index is 1.73. The average molecular weight is 456 g/mol. The number of likely N-dealkylation sites (N-methyl/N-ethyl adjacent to an activating group) is 1. The number of aryl methyl sites for hydroxylation is 1. The number of fused-ring (bicyclic) bond motifs is 1. The van der Waals surface area contributed by atoms with Crippen LogP contribution in [0, 0.1) is 17.1 Å².